The maximum Gasteiger partial charge on any atom is 0.306 e. The van der Waals surface area contributed by atoms with Gasteiger partial charge in [-0.1, -0.05) is 6.92 Å². The third-order valence-electron chi connectivity index (χ3n) is 4.61. The number of likely N-dealkylation sites (tertiary alicyclic amines) is 1. The van der Waals surface area contributed by atoms with Crippen molar-refractivity contribution in [1.29, 1.82) is 0 Å². The van der Waals surface area contributed by atoms with Crippen LogP contribution in [0.5, 0.6) is 5.75 Å². The summed E-state index contributed by atoms with van der Waals surface area (Å²) in [6.07, 6.45) is 0.425. The molecule has 0 bridgehead atoms. The summed E-state index contributed by atoms with van der Waals surface area (Å²) in [6.45, 7) is 2.57. The fraction of sp³-hybridized carbons (Fsp3) is 0.500. The van der Waals surface area contributed by atoms with Crippen LogP contribution in [0.25, 0.3) is 0 Å². The Balaban J connectivity index is 1.88. The second-order valence-corrected chi connectivity index (χ2v) is 6.32. The summed E-state index contributed by atoms with van der Waals surface area (Å²) >= 11 is 0. The van der Waals surface area contributed by atoms with E-state index in [0.29, 0.717) is 19.5 Å². The van der Waals surface area contributed by atoms with Crippen molar-refractivity contribution in [3.8, 4) is 5.75 Å². The van der Waals surface area contributed by atoms with Crippen molar-refractivity contribution < 1.29 is 28.6 Å². The SMILES string of the molecule is COc1ccc(C(=O)CCC(=O)N2CCC(C(=O)O)C(C)C2)cc1F. The van der Waals surface area contributed by atoms with Crippen molar-refractivity contribution in [1.82, 2.24) is 4.90 Å². The topological polar surface area (TPSA) is 83.9 Å². The van der Waals surface area contributed by atoms with Crippen molar-refractivity contribution in [2.45, 2.75) is 26.2 Å². The monoisotopic (exact) mass is 351 g/mol. The lowest BCUT2D eigenvalue weighted by Crippen LogP contribution is -2.45. The van der Waals surface area contributed by atoms with Gasteiger partial charge >= 0.3 is 5.97 Å². The van der Waals surface area contributed by atoms with Gasteiger partial charge in [0.05, 0.1) is 13.0 Å². The summed E-state index contributed by atoms with van der Waals surface area (Å²) in [6, 6.07) is 3.95. The number of hydrogen-bond acceptors (Lipinski definition) is 4. The van der Waals surface area contributed by atoms with E-state index in [-0.39, 0.29) is 41.8 Å². The third-order valence-corrected chi connectivity index (χ3v) is 4.61. The van der Waals surface area contributed by atoms with Crippen LogP contribution < -0.4 is 4.74 Å². The van der Waals surface area contributed by atoms with Crippen LogP contribution in [-0.4, -0.2) is 47.9 Å². The van der Waals surface area contributed by atoms with E-state index in [1.807, 2.05) is 6.92 Å². The van der Waals surface area contributed by atoms with Crippen LogP contribution in [0.1, 0.15) is 36.5 Å². The molecule has 2 atom stereocenters. The predicted molar refractivity (Wildman–Crippen MR) is 88.0 cm³/mol. The van der Waals surface area contributed by atoms with E-state index in [4.69, 9.17) is 9.84 Å². The number of ether oxygens (including phenoxy) is 1. The molecule has 1 aliphatic rings. The summed E-state index contributed by atoms with van der Waals surface area (Å²) in [7, 11) is 1.34. The van der Waals surface area contributed by atoms with Crippen LogP contribution in [0.15, 0.2) is 18.2 Å². The molecule has 0 aromatic heterocycles. The number of piperidine rings is 1. The Hall–Kier alpha value is -2.44. The van der Waals surface area contributed by atoms with E-state index < -0.39 is 17.7 Å². The highest BCUT2D eigenvalue weighted by Crippen LogP contribution is 2.24. The first-order valence-corrected chi connectivity index (χ1v) is 8.20. The van der Waals surface area contributed by atoms with Gasteiger partial charge < -0.3 is 14.7 Å². The average molecular weight is 351 g/mol. The highest BCUT2D eigenvalue weighted by molar-refractivity contribution is 5.98. The first kappa shape index (κ1) is 18.9. The number of aliphatic carboxylic acids is 1. The van der Waals surface area contributed by atoms with Crippen molar-refractivity contribution in [2.24, 2.45) is 11.8 Å². The molecule has 136 valence electrons. The van der Waals surface area contributed by atoms with Crippen molar-refractivity contribution >= 4 is 17.7 Å². The van der Waals surface area contributed by atoms with E-state index in [0.717, 1.165) is 6.07 Å². The van der Waals surface area contributed by atoms with Crippen LogP contribution in [-0.2, 0) is 9.59 Å². The molecule has 1 aromatic rings. The minimum Gasteiger partial charge on any atom is -0.494 e. The molecule has 1 fully saturated rings. The number of carboxylic acids is 1. The minimum absolute atomic E-state index is 0.0160. The second kappa shape index (κ2) is 8.09. The van der Waals surface area contributed by atoms with Gasteiger partial charge in [-0.3, -0.25) is 14.4 Å². The van der Waals surface area contributed by atoms with E-state index in [9.17, 15) is 18.8 Å². The number of methoxy groups -OCH3 is 1. The molecule has 1 N–H and O–H groups in total. The first-order chi connectivity index (χ1) is 11.8. The summed E-state index contributed by atoms with van der Waals surface area (Å²) in [4.78, 5) is 37.1. The number of nitrogens with zero attached hydrogens (tertiary/aromatic N) is 1. The standard InChI is InChI=1S/C18H22FNO5/c1-11-10-20(8-7-13(11)18(23)24)17(22)6-4-15(21)12-3-5-16(25-2)14(19)9-12/h3,5,9,11,13H,4,6-8,10H2,1-2H3,(H,23,24). The molecule has 2 unspecified atom stereocenters. The van der Waals surface area contributed by atoms with Crippen LogP contribution >= 0.6 is 0 Å². The molecule has 0 spiro atoms. The van der Waals surface area contributed by atoms with E-state index in [1.165, 1.54) is 19.2 Å². The smallest absolute Gasteiger partial charge is 0.306 e. The molecule has 0 saturated carbocycles. The van der Waals surface area contributed by atoms with Gasteiger partial charge in [-0.2, -0.15) is 0 Å². The second-order valence-electron chi connectivity index (χ2n) is 6.32. The molecule has 6 nitrogen and oxygen atoms in total. The number of carbonyl (C=O) groups excluding carboxylic acids is 2. The molecular formula is C18H22FNO5. The zero-order valence-corrected chi connectivity index (χ0v) is 14.3. The van der Waals surface area contributed by atoms with Gasteiger partial charge in [0.2, 0.25) is 5.91 Å². The first-order valence-electron chi connectivity index (χ1n) is 8.20. The minimum atomic E-state index is -0.837. The lowest BCUT2D eigenvalue weighted by atomic mass is 9.87. The largest absolute Gasteiger partial charge is 0.494 e. The van der Waals surface area contributed by atoms with Crippen LogP contribution in [0.4, 0.5) is 4.39 Å². The molecular weight excluding hydrogens is 329 g/mol. The average Bonchev–Trinajstić information content (AvgIpc) is 2.58. The highest BCUT2D eigenvalue weighted by Gasteiger charge is 2.32. The Kier molecular flexibility index (Phi) is 6.12. The van der Waals surface area contributed by atoms with Crippen molar-refractivity contribution in [2.75, 3.05) is 20.2 Å². The Morgan fingerprint density at radius 3 is 2.60 bits per heavy atom. The summed E-state index contributed by atoms with van der Waals surface area (Å²) in [5, 5.41) is 9.11. The number of ketones is 1. The number of Topliss-reactive ketones (excluding diaryl/α,β-unsaturated/α-hetero) is 1. The summed E-state index contributed by atoms with van der Waals surface area (Å²) in [5.41, 5.74) is 0.198. The number of hydrogen-bond donors (Lipinski definition) is 1. The van der Waals surface area contributed by atoms with Crippen LogP contribution in [0.2, 0.25) is 0 Å². The zero-order valence-electron chi connectivity index (χ0n) is 14.3. The van der Waals surface area contributed by atoms with E-state index >= 15 is 0 Å². The molecule has 0 aliphatic carbocycles. The molecule has 7 heteroatoms. The van der Waals surface area contributed by atoms with Crippen LogP contribution in [0.3, 0.4) is 0 Å². The zero-order chi connectivity index (χ0) is 18.6. The van der Waals surface area contributed by atoms with E-state index in [2.05, 4.69) is 0 Å². The quantitative estimate of drug-likeness (QED) is 0.796. The Morgan fingerprint density at radius 2 is 2.04 bits per heavy atom. The Morgan fingerprint density at radius 1 is 1.32 bits per heavy atom. The molecule has 1 heterocycles. The number of carbonyl (C=O) groups is 3. The van der Waals surface area contributed by atoms with Gasteiger partial charge in [0.25, 0.3) is 0 Å². The molecule has 1 amide bonds. The normalized spacial score (nSPS) is 20.2. The molecule has 1 aliphatic heterocycles. The number of benzene rings is 1. The number of carboxylic acid groups (broad SMARTS) is 1. The maximum atomic E-state index is 13.6. The molecule has 1 saturated heterocycles. The fourth-order valence-corrected chi connectivity index (χ4v) is 3.10. The molecule has 1 aromatic carbocycles. The molecule has 25 heavy (non-hydrogen) atoms. The van der Waals surface area contributed by atoms with Crippen molar-refractivity contribution in [3.05, 3.63) is 29.6 Å². The van der Waals surface area contributed by atoms with Gasteiger partial charge in [0.1, 0.15) is 0 Å². The highest BCUT2D eigenvalue weighted by atomic mass is 19.1. The predicted octanol–water partition coefficient (Wildman–Crippen LogP) is 2.37. The van der Waals surface area contributed by atoms with Gasteiger partial charge in [0.15, 0.2) is 17.3 Å². The molecule has 0 radical (unpaired) electrons. The van der Waals surface area contributed by atoms with Gasteiger partial charge in [-0.05, 0) is 30.5 Å². The number of rotatable bonds is 6. The Bertz CT molecular complexity index is 675. The lowest BCUT2D eigenvalue weighted by Gasteiger charge is -2.35. The number of amides is 1. The third kappa shape index (κ3) is 4.55. The van der Waals surface area contributed by atoms with Gasteiger partial charge in [-0.15, -0.1) is 0 Å². The van der Waals surface area contributed by atoms with Crippen LogP contribution in [0, 0.1) is 17.7 Å². The van der Waals surface area contributed by atoms with Gasteiger partial charge in [0, 0.05) is 31.5 Å². The summed E-state index contributed by atoms with van der Waals surface area (Å²) < 4.78 is 18.4. The van der Waals surface area contributed by atoms with Gasteiger partial charge in [-0.25, -0.2) is 4.39 Å². The summed E-state index contributed by atoms with van der Waals surface area (Å²) in [5.74, 6) is -2.46. The number of halogens is 1. The Labute approximate surface area is 145 Å². The lowest BCUT2D eigenvalue weighted by molar-refractivity contribution is -0.148. The molecule has 2 rings (SSSR count). The van der Waals surface area contributed by atoms with Crippen molar-refractivity contribution in [3.63, 3.8) is 0 Å². The fourth-order valence-electron chi connectivity index (χ4n) is 3.10. The maximum absolute atomic E-state index is 13.6. The van der Waals surface area contributed by atoms with E-state index in [1.54, 1.807) is 4.90 Å².